The molecule has 0 bridgehead atoms. The van der Waals surface area contributed by atoms with E-state index in [4.69, 9.17) is 0 Å². The number of aliphatic hydroxyl groups is 1. The van der Waals surface area contributed by atoms with E-state index in [2.05, 4.69) is 10.2 Å². The van der Waals surface area contributed by atoms with E-state index in [0.29, 0.717) is 11.3 Å². The number of nitrogens with zero attached hydrogens (tertiary/aromatic N) is 2. The molecule has 0 spiro atoms. The summed E-state index contributed by atoms with van der Waals surface area (Å²) in [5, 5.41) is 23.4. The minimum absolute atomic E-state index is 0.0334. The van der Waals surface area contributed by atoms with Crippen LogP contribution in [0.2, 0.25) is 0 Å². The number of aliphatic carboxylic acids is 1. The molecule has 3 N–H and O–H groups in total. The molecule has 3 fully saturated rings. The fraction of sp³-hybridized carbons (Fsp3) is 0.778. The molecule has 0 aliphatic carbocycles. The molecule has 8 heteroatoms. The van der Waals surface area contributed by atoms with Crippen LogP contribution in [0.4, 0.5) is 0 Å². The smallest absolute Gasteiger partial charge is 0.353 e. The maximum absolute atomic E-state index is 12.3. The number of carbonyl (C=O) groups excluding carboxylic acids is 1. The third kappa shape index (κ3) is 2.87. The van der Waals surface area contributed by atoms with Crippen LogP contribution in [0.1, 0.15) is 26.7 Å². The molecule has 0 unspecified atom stereocenters. The first-order valence-corrected chi connectivity index (χ1v) is 10.4. The Kier molecular flexibility index (Phi) is 4.79. The van der Waals surface area contributed by atoms with E-state index in [1.165, 1.54) is 17.7 Å². The second kappa shape index (κ2) is 6.82. The van der Waals surface area contributed by atoms with Crippen molar-refractivity contribution in [2.24, 2.45) is 11.8 Å². The zero-order valence-corrected chi connectivity index (χ0v) is 16.0. The summed E-state index contributed by atoms with van der Waals surface area (Å²) in [5.74, 6) is -1.81. The number of nitrogens with one attached hydrogen (secondary N) is 1. The summed E-state index contributed by atoms with van der Waals surface area (Å²) in [6.45, 7) is 7.69. The maximum Gasteiger partial charge on any atom is 0.353 e. The molecule has 3 saturated heterocycles. The molecule has 26 heavy (non-hydrogen) atoms. The lowest BCUT2D eigenvalue weighted by atomic mass is 9.79. The Morgan fingerprint density at radius 1 is 1.42 bits per heavy atom. The summed E-state index contributed by atoms with van der Waals surface area (Å²) < 4.78 is 0. The van der Waals surface area contributed by atoms with Crippen molar-refractivity contribution in [3.05, 3.63) is 10.6 Å². The monoisotopic (exact) mass is 381 g/mol. The summed E-state index contributed by atoms with van der Waals surface area (Å²) in [5.41, 5.74) is 0.144. The van der Waals surface area contributed by atoms with Gasteiger partial charge in [0.2, 0.25) is 5.91 Å². The van der Waals surface area contributed by atoms with Gasteiger partial charge in [0.25, 0.3) is 0 Å². The zero-order chi connectivity index (χ0) is 18.6. The molecule has 0 aromatic carbocycles. The van der Waals surface area contributed by atoms with E-state index >= 15 is 0 Å². The molecule has 1 amide bonds. The number of aliphatic hydroxyl groups excluding tert-OH is 1. The van der Waals surface area contributed by atoms with Crippen molar-refractivity contribution in [3.63, 3.8) is 0 Å². The van der Waals surface area contributed by atoms with E-state index in [0.717, 1.165) is 31.1 Å². The molecule has 4 rings (SSSR count). The third-order valence-electron chi connectivity index (χ3n) is 6.17. The number of carboxylic acids is 1. The molecule has 4 aliphatic heterocycles. The van der Waals surface area contributed by atoms with Crippen LogP contribution >= 0.6 is 11.8 Å². The number of rotatable bonds is 6. The second-order valence-electron chi connectivity index (χ2n) is 8.02. The highest BCUT2D eigenvalue weighted by molar-refractivity contribution is 8.03. The Labute approximate surface area is 157 Å². The van der Waals surface area contributed by atoms with Gasteiger partial charge in [-0.25, -0.2) is 4.79 Å². The zero-order valence-electron chi connectivity index (χ0n) is 15.2. The van der Waals surface area contributed by atoms with Crippen molar-refractivity contribution in [1.82, 2.24) is 15.1 Å². The molecule has 0 saturated carbocycles. The van der Waals surface area contributed by atoms with Gasteiger partial charge in [-0.2, -0.15) is 0 Å². The Bertz CT molecular complexity index is 640. The topological polar surface area (TPSA) is 93.1 Å². The molecular formula is C18H27N3O4S. The minimum atomic E-state index is -1.04. The molecule has 5 atom stereocenters. The molecule has 144 valence electrons. The van der Waals surface area contributed by atoms with Gasteiger partial charge in [0, 0.05) is 41.7 Å². The lowest BCUT2D eigenvalue weighted by molar-refractivity contribution is -0.163. The number of carbonyl (C=O) groups is 2. The van der Waals surface area contributed by atoms with Gasteiger partial charge in [-0.05, 0) is 26.3 Å². The summed E-state index contributed by atoms with van der Waals surface area (Å²) in [6, 6.07) is 0.376. The first kappa shape index (κ1) is 18.3. The van der Waals surface area contributed by atoms with Crippen LogP contribution in [0.5, 0.6) is 0 Å². The van der Waals surface area contributed by atoms with Gasteiger partial charge in [0.15, 0.2) is 0 Å². The average molecular weight is 381 g/mol. The van der Waals surface area contributed by atoms with Gasteiger partial charge >= 0.3 is 5.97 Å². The van der Waals surface area contributed by atoms with E-state index in [-0.39, 0.29) is 23.6 Å². The minimum Gasteiger partial charge on any atom is -0.477 e. The summed E-state index contributed by atoms with van der Waals surface area (Å²) in [7, 11) is 0. The number of amides is 1. The van der Waals surface area contributed by atoms with E-state index < -0.39 is 18.0 Å². The highest BCUT2D eigenvalue weighted by Gasteiger charge is 2.60. The number of β-lactam (4-membered cyclic amide) rings is 1. The van der Waals surface area contributed by atoms with Crippen molar-refractivity contribution in [1.29, 1.82) is 0 Å². The highest BCUT2D eigenvalue weighted by Crippen LogP contribution is 2.51. The molecule has 0 aromatic heterocycles. The number of fused-ring (bicyclic) bond motifs is 1. The molecule has 4 aliphatic rings. The van der Waals surface area contributed by atoms with Crippen molar-refractivity contribution < 1.29 is 19.8 Å². The first-order valence-electron chi connectivity index (χ1n) is 9.49. The van der Waals surface area contributed by atoms with Crippen LogP contribution in [0, 0.1) is 11.8 Å². The van der Waals surface area contributed by atoms with Crippen molar-refractivity contribution in [3.8, 4) is 0 Å². The van der Waals surface area contributed by atoms with Gasteiger partial charge in [-0.1, -0.05) is 6.92 Å². The number of likely N-dealkylation sites (tertiary alicyclic amines) is 1. The van der Waals surface area contributed by atoms with Crippen LogP contribution in [-0.4, -0.2) is 81.5 Å². The van der Waals surface area contributed by atoms with Gasteiger partial charge in [0.05, 0.1) is 18.1 Å². The second-order valence-corrected chi connectivity index (χ2v) is 9.37. The summed E-state index contributed by atoms with van der Waals surface area (Å²) in [6.07, 6.45) is 1.74. The molecule has 4 heterocycles. The standard InChI is InChI=1S/C18H27N3O4S/c1-9-14-13(10(2)22)17(23)21(14)15(18(24)25)16(9)26-12-7-20(8-12)6-11-4-3-5-19-11/h9-14,19,22H,3-8H2,1-2H3,(H,24,25)/t9-,10-,11-,13-,14-/m1/s1. The molecule has 7 nitrogen and oxygen atoms in total. The fourth-order valence-electron chi connectivity index (χ4n) is 4.83. The van der Waals surface area contributed by atoms with Crippen molar-refractivity contribution >= 4 is 23.6 Å². The maximum atomic E-state index is 12.3. The Morgan fingerprint density at radius 3 is 2.73 bits per heavy atom. The van der Waals surface area contributed by atoms with Crippen LogP contribution in [0.3, 0.4) is 0 Å². The van der Waals surface area contributed by atoms with Crippen LogP contribution < -0.4 is 5.32 Å². The van der Waals surface area contributed by atoms with Gasteiger partial charge in [-0.3, -0.25) is 9.69 Å². The van der Waals surface area contributed by atoms with Crippen molar-refractivity contribution in [2.45, 2.75) is 50.1 Å². The van der Waals surface area contributed by atoms with Gasteiger partial charge < -0.3 is 20.4 Å². The van der Waals surface area contributed by atoms with Crippen molar-refractivity contribution in [2.75, 3.05) is 26.2 Å². The number of carboxylic acid groups (broad SMARTS) is 1. The van der Waals surface area contributed by atoms with E-state index in [9.17, 15) is 19.8 Å². The summed E-state index contributed by atoms with van der Waals surface area (Å²) >= 11 is 1.62. The number of hydrogen-bond acceptors (Lipinski definition) is 6. The largest absolute Gasteiger partial charge is 0.477 e. The normalized spacial score (nSPS) is 36.1. The van der Waals surface area contributed by atoms with Crippen LogP contribution in [-0.2, 0) is 9.59 Å². The van der Waals surface area contributed by atoms with Crippen LogP contribution in [0.25, 0.3) is 0 Å². The quantitative estimate of drug-likeness (QED) is 0.570. The average Bonchev–Trinajstić information content (AvgIpc) is 3.11. The molecular weight excluding hydrogens is 354 g/mol. The fourth-order valence-corrected chi connectivity index (χ4v) is 6.41. The summed E-state index contributed by atoms with van der Waals surface area (Å²) in [4.78, 5) is 28.8. The predicted molar refractivity (Wildman–Crippen MR) is 98.5 cm³/mol. The molecule has 0 radical (unpaired) electrons. The Balaban J connectivity index is 1.41. The number of hydrogen-bond donors (Lipinski definition) is 3. The van der Waals surface area contributed by atoms with Crippen LogP contribution in [0.15, 0.2) is 10.6 Å². The van der Waals surface area contributed by atoms with E-state index in [1.807, 2.05) is 6.92 Å². The number of thioether (sulfide) groups is 1. The first-order chi connectivity index (χ1) is 12.4. The van der Waals surface area contributed by atoms with Gasteiger partial charge in [0.1, 0.15) is 5.70 Å². The predicted octanol–water partition coefficient (Wildman–Crippen LogP) is 0.310. The lowest BCUT2D eigenvalue weighted by Gasteiger charge is -2.46. The Morgan fingerprint density at radius 2 is 2.15 bits per heavy atom. The van der Waals surface area contributed by atoms with E-state index in [1.54, 1.807) is 18.7 Å². The highest BCUT2D eigenvalue weighted by atomic mass is 32.2. The third-order valence-corrected chi connectivity index (χ3v) is 7.62. The van der Waals surface area contributed by atoms with Gasteiger partial charge in [-0.15, -0.1) is 11.8 Å². The Hall–Kier alpha value is -1.09. The molecule has 0 aromatic rings. The SMILES string of the molecule is C[C@@H](O)[C@H]1C(=O)N2C(C(=O)O)=C(SC3CN(C[C@H]4CCCN4)C3)[C@H](C)[C@H]12. The lowest BCUT2D eigenvalue weighted by Crippen LogP contribution is -2.63.